The summed E-state index contributed by atoms with van der Waals surface area (Å²) in [6.45, 7) is 4.42. The fourth-order valence-electron chi connectivity index (χ4n) is 4.05. The molecule has 0 aliphatic carbocycles. The zero-order valence-corrected chi connectivity index (χ0v) is 19.7. The molecule has 1 N–H and O–H groups in total. The summed E-state index contributed by atoms with van der Waals surface area (Å²) in [7, 11) is 1.89. The maximum atomic E-state index is 13.3. The predicted octanol–water partition coefficient (Wildman–Crippen LogP) is 4.80. The maximum absolute atomic E-state index is 13.3. The molecule has 0 unspecified atom stereocenters. The second kappa shape index (κ2) is 8.72. The summed E-state index contributed by atoms with van der Waals surface area (Å²) >= 11 is 6.07. The molecule has 2 aromatic carbocycles. The van der Waals surface area contributed by atoms with Gasteiger partial charge in [0.05, 0.1) is 29.0 Å². The molecule has 0 aliphatic rings. The number of hydrogen-bond donors (Lipinski definition) is 1. The van der Waals surface area contributed by atoms with Gasteiger partial charge in [-0.3, -0.25) is 14.8 Å². The number of carbonyl (C=O) groups is 1. The Balaban J connectivity index is 1.47. The van der Waals surface area contributed by atoms with Crippen LogP contribution in [0.4, 0.5) is 5.95 Å². The number of fused-ring (bicyclic) bond motifs is 1. The van der Waals surface area contributed by atoms with Gasteiger partial charge in [-0.25, -0.2) is 14.6 Å². The van der Waals surface area contributed by atoms with Crippen molar-refractivity contribution < 1.29 is 4.79 Å². The molecular formula is C25H22ClN7O. The molecule has 170 valence electrons. The van der Waals surface area contributed by atoms with Crippen LogP contribution >= 0.6 is 11.6 Å². The second-order valence-corrected chi connectivity index (χ2v) is 8.53. The number of pyridine rings is 1. The first-order chi connectivity index (χ1) is 16.4. The number of aromatic nitrogens is 6. The molecule has 0 radical (unpaired) electrons. The van der Waals surface area contributed by atoms with Crippen LogP contribution in [-0.2, 0) is 13.6 Å². The van der Waals surface area contributed by atoms with Gasteiger partial charge in [0.15, 0.2) is 0 Å². The zero-order chi connectivity index (χ0) is 23.8. The lowest BCUT2D eigenvalue weighted by Crippen LogP contribution is -2.14. The Kier molecular flexibility index (Phi) is 5.59. The third-order valence-electron chi connectivity index (χ3n) is 5.72. The molecule has 0 aliphatic heterocycles. The first-order valence-electron chi connectivity index (χ1n) is 10.7. The number of amides is 1. The standard InChI is InChI=1S/C25H22ClN7O/c1-15-23(16(2)32(3)30-15)22-12-20(19-9-4-5-10-21(19)28-22)24(34)29-25-27-14-33(31-25)13-17-7-6-8-18(26)11-17/h4-12,14H,13H2,1-3H3,(H,29,31,34). The van der Waals surface area contributed by atoms with Crippen molar-refractivity contribution >= 4 is 34.4 Å². The summed E-state index contributed by atoms with van der Waals surface area (Å²) in [5.74, 6) is -0.0808. The lowest BCUT2D eigenvalue weighted by Gasteiger charge is -2.10. The first-order valence-corrected chi connectivity index (χ1v) is 11.1. The van der Waals surface area contributed by atoms with Gasteiger partial charge in [-0.05, 0) is 43.7 Å². The van der Waals surface area contributed by atoms with E-state index < -0.39 is 0 Å². The average Bonchev–Trinajstić information content (AvgIpc) is 3.35. The summed E-state index contributed by atoms with van der Waals surface area (Å²) in [4.78, 5) is 22.4. The molecule has 34 heavy (non-hydrogen) atoms. The second-order valence-electron chi connectivity index (χ2n) is 8.09. The van der Waals surface area contributed by atoms with Crippen LogP contribution in [0.1, 0.15) is 27.3 Å². The molecule has 5 aromatic rings. The topological polar surface area (TPSA) is 90.5 Å². The fourth-order valence-corrected chi connectivity index (χ4v) is 4.27. The van der Waals surface area contributed by atoms with Crippen LogP contribution in [0.3, 0.4) is 0 Å². The van der Waals surface area contributed by atoms with Gasteiger partial charge in [0.1, 0.15) is 6.33 Å². The van der Waals surface area contributed by atoms with Gasteiger partial charge in [0, 0.05) is 28.7 Å². The SMILES string of the molecule is Cc1nn(C)c(C)c1-c1cc(C(=O)Nc2ncn(Cc3cccc(Cl)c3)n2)c2ccccc2n1. The molecule has 5 rings (SSSR count). The van der Waals surface area contributed by atoms with Crippen LogP contribution in [0, 0.1) is 13.8 Å². The summed E-state index contributed by atoms with van der Waals surface area (Å²) in [5, 5.41) is 13.1. The van der Waals surface area contributed by atoms with E-state index in [-0.39, 0.29) is 11.9 Å². The van der Waals surface area contributed by atoms with Crippen LogP contribution in [0.2, 0.25) is 5.02 Å². The molecule has 9 heteroatoms. The Bertz CT molecular complexity index is 1540. The van der Waals surface area contributed by atoms with E-state index in [4.69, 9.17) is 16.6 Å². The monoisotopic (exact) mass is 471 g/mol. The number of carbonyl (C=O) groups excluding carboxylic acids is 1. The highest BCUT2D eigenvalue weighted by molar-refractivity contribution is 6.30. The van der Waals surface area contributed by atoms with Crippen molar-refractivity contribution in [1.82, 2.24) is 29.5 Å². The van der Waals surface area contributed by atoms with Gasteiger partial charge in [-0.1, -0.05) is 41.9 Å². The van der Waals surface area contributed by atoms with Crippen molar-refractivity contribution in [3.63, 3.8) is 0 Å². The highest BCUT2D eigenvalue weighted by Crippen LogP contribution is 2.29. The van der Waals surface area contributed by atoms with Crippen LogP contribution in [0.5, 0.6) is 0 Å². The highest BCUT2D eigenvalue weighted by atomic mass is 35.5. The summed E-state index contributed by atoms with van der Waals surface area (Å²) in [5.41, 5.74) is 5.67. The number of rotatable bonds is 5. The summed E-state index contributed by atoms with van der Waals surface area (Å²) in [6, 6.07) is 16.9. The Morgan fingerprint density at radius 1 is 1.06 bits per heavy atom. The molecule has 1 amide bonds. The van der Waals surface area contributed by atoms with Crippen LogP contribution < -0.4 is 5.32 Å². The van der Waals surface area contributed by atoms with Gasteiger partial charge in [-0.2, -0.15) is 5.10 Å². The van der Waals surface area contributed by atoms with Crippen molar-refractivity contribution in [1.29, 1.82) is 0 Å². The van der Waals surface area contributed by atoms with E-state index in [0.717, 1.165) is 33.4 Å². The Morgan fingerprint density at radius 2 is 1.88 bits per heavy atom. The van der Waals surface area contributed by atoms with E-state index >= 15 is 0 Å². The number of hydrogen-bond acceptors (Lipinski definition) is 5. The highest BCUT2D eigenvalue weighted by Gasteiger charge is 2.19. The van der Waals surface area contributed by atoms with Crippen LogP contribution in [0.15, 0.2) is 60.9 Å². The number of halogens is 1. The number of para-hydroxylation sites is 1. The molecule has 0 saturated heterocycles. The normalized spacial score (nSPS) is 11.2. The van der Waals surface area contributed by atoms with Gasteiger partial charge >= 0.3 is 0 Å². The molecule has 0 atom stereocenters. The van der Waals surface area contributed by atoms with Crippen molar-refractivity contribution in [2.75, 3.05) is 5.32 Å². The summed E-state index contributed by atoms with van der Waals surface area (Å²) < 4.78 is 3.47. The molecule has 8 nitrogen and oxygen atoms in total. The van der Waals surface area contributed by atoms with E-state index in [9.17, 15) is 4.79 Å². The predicted molar refractivity (Wildman–Crippen MR) is 132 cm³/mol. The number of benzene rings is 2. The van der Waals surface area contributed by atoms with E-state index in [2.05, 4.69) is 20.5 Å². The smallest absolute Gasteiger partial charge is 0.258 e. The number of nitrogens with one attached hydrogen (secondary N) is 1. The van der Waals surface area contributed by atoms with Gasteiger partial charge < -0.3 is 0 Å². The minimum Gasteiger partial charge on any atom is -0.289 e. The van der Waals surface area contributed by atoms with Gasteiger partial charge in [0.25, 0.3) is 5.91 Å². The molecule has 3 heterocycles. The molecule has 0 bridgehead atoms. The van der Waals surface area contributed by atoms with E-state index in [1.165, 1.54) is 0 Å². The quantitative estimate of drug-likeness (QED) is 0.397. The lowest BCUT2D eigenvalue weighted by molar-refractivity contribution is 0.102. The summed E-state index contributed by atoms with van der Waals surface area (Å²) in [6.07, 6.45) is 1.58. The minimum atomic E-state index is -0.306. The van der Waals surface area contributed by atoms with E-state index in [1.807, 2.05) is 74.1 Å². The third-order valence-corrected chi connectivity index (χ3v) is 5.96. The Hall–Kier alpha value is -4.04. The van der Waals surface area contributed by atoms with E-state index in [1.54, 1.807) is 17.1 Å². The van der Waals surface area contributed by atoms with Crippen molar-refractivity contribution in [3.8, 4) is 11.3 Å². The number of anilines is 1. The molecule has 0 fully saturated rings. The van der Waals surface area contributed by atoms with Crippen LogP contribution in [-0.4, -0.2) is 35.4 Å². The lowest BCUT2D eigenvalue weighted by atomic mass is 10.0. The van der Waals surface area contributed by atoms with Crippen molar-refractivity contribution in [3.05, 3.63) is 88.5 Å². The third kappa shape index (κ3) is 4.15. The van der Waals surface area contributed by atoms with Crippen LogP contribution in [0.25, 0.3) is 22.2 Å². The molecule has 0 spiro atoms. The van der Waals surface area contributed by atoms with Gasteiger partial charge in [0.2, 0.25) is 5.95 Å². The van der Waals surface area contributed by atoms with Crippen molar-refractivity contribution in [2.45, 2.75) is 20.4 Å². The maximum Gasteiger partial charge on any atom is 0.258 e. The fraction of sp³-hybridized carbons (Fsp3) is 0.160. The molecule has 3 aromatic heterocycles. The van der Waals surface area contributed by atoms with Crippen molar-refractivity contribution in [2.24, 2.45) is 7.05 Å². The van der Waals surface area contributed by atoms with E-state index in [0.29, 0.717) is 22.8 Å². The average molecular weight is 472 g/mol. The molecular weight excluding hydrogens is 450 g/mol. The number of nitrogens with zero attached hydrogens (tertiary/aromatic N) is 6. The Morgan fingerprint density at radius 3 is 2.65 bits per heavy atom. The Labute approximate surface area is 201 Å². The van der Waals surface area contributed by atoms with Gasteiger partial charge in [-0.15, -0.1) is 5.10 Å². The minimum absolute atomic E-state index is 0.225. The first kappa shape index (κ1) is 21.8. The largest absolute Gasteiger partial charge is 0.289 e. The zero-order valence-electron chi connectivity index (χ0n) is 19.0. The molecule has 0 saturated carbocycles. The number of aryl methyl sites for hydroxylation is 2.